The Morgan fingerprint density at radius 2 is 1.83 bits per heavy atom. The number of hydrogen-bond acceptors (Lipinski definition) is 2. The van der Waals surface area contributed by atoms with E-state index in [9.17, 15) is 4.79 Å². The first-order chi connectivity index (χ1) is 10.7. The molecular formula is C19H29NO2Si. The number of likely N-dealkylation sites (tertiary alicyclic amines) is 1. The summed E-state index contributed by atoms with van der Waals surface area (Å²) in [4.78, 5) is 14.6. The molecule has 126 valence electrons. The van der Waals surface area contributed by atoms with Crippen LogP contribution in [0.3, 0.4) is 0 Å². The van der Waals surface area contributed by atoms with Gasteiger partial charge in [-0.15, -0.1) is 0 Å². The number of fused-ring (bicyclic) bond motifs is 2. The van der Waals surface area contributed by atoms with Crippen molar-refractivity contribution in [2.45, 2.75) is 70.4 Å². The van der Waals surface area contributed by atoms with Crippen LogP contribution in [0.5, 0.6) is 0 Å². The van der Waals surface area contributed by atoms with Gasteiger partial charge in [-0.25, -0.2) is 0 Å². The number of carbonyl (C=O) groups excluding carboxylic acids is 1. The summed E-state index contributed by atoms with van der Waals surface area (Å²) >= 11 is 0. The molecule has 1 amide bonds. The molecule has 1 aromatic carbocycles. The normalized spacial score (nSPS) is 27.8. The molecule has 1 saturated carbocycles. The van der Waals surface area contributed by atoms with Gasteiger partial charge in [0.15, 0.2) is 8.32 Å². The third kappa shape index (κ3) is 3.11. The lowest BCUT2D eigenvalue weighted by Gasteiger charge is -2.42. The van der Waals surface area contributed by atoms with E-state index >= 15 is 0 Å². The van der Waals surface area contributed by atoms with Crippen LogP contribution in [0.25, 0.3) is 0 Å². The molecular weight excluding hydrogens is 302 g/mol. The summed E-state index contributed by atoms with van der Waals surface area (Å²) in [5.41, 5.74) is 1.21. The fourth-order valence-electron chi connectivity index (χ4n) is 3.56. The average Bonchev–Trinajstić information content (AvgIpc) is 2.98. The summed E-state index contributed by atoms with van der Waals surface area (Å²) in [5, 5.41) is 0.211. The van der Waals surface area contributed by atoms with Crippen molar-refractivity contribution >= 4 is 14.2 Å². The van der Waals surface area contributed by atoms with E-state index in [-0.39, 0.29) is 23.1 Å². The molecule has 3 rings (SSSR count). The van der Waals surface area contributed by atoms with Gasteiger partial charge in [0, 0.05) is 12.5 Å². The van der Waals surface area contributed by atoms with Crippen molar-refractivity contribution in [1.82, 2.24) is 4.90 Å². The summed E-state index contributed by atoms with van der Waals surface area (Å²) in [7, 11) is -1.79. The maximum Gasteiger partial charge on any atom is 0.226 e. The highest BCUT2D eigenvalue weighted by Gasteiger charge is 2.53. The van der Waals surface area contributed by atoms with E-state index in [4.69, 9.17) is 4.43 Å². The van der Waals surface area contributed by atoms with Gasteiger partial charge in [-0.05, 0) is 36.5 Å². The minimum absolute atomic E-state index is 0.179. The van der Waals surface area contributed by atoms with Gasteiger partial charge in [-0.3, -0.25) is 4.79 Å². The van der Waals surface area contributed by atoms with Crippen molar-refractivity contribution in [3.63, 3.8) is 0 Å². The lowest BCUT2D eigenvalue weighted by Crippen LogP contribution is -2.51. The zero-order chi connectivity index (χ0) is 16.8. The standard InChI is InChI=1S/C19H29NO2Si/c1-19(2,3)23(4,5)22-17-12-15-11-16(17)20(18(15)21)13-14-9-7-6-8-10-14/h6-10,15-17H,11-13H2,1-5H3/t15-,16+,17+/m1/s1. The fraction of sp³-hybridized carbons (Fsp3) is 0.632. The monoisotopic (exact) mass is 331 g/mol. The minimum Gasteiger partial charge on any atom is -0.412 e. The summed E-state index contributed by atoms with van der Waals surface area (Å²) in [6.07, 6.45) is 2.12. The van der Waals surface area contributed by atoms with Crippen molar-refractivity contribution in [1.29, 1.82) is 0 Å². The number of rotatable bonds is 4. The first-order valence-electron chi connectivity index (χ1n) is 8.71. The van der Waals surface area contributed by atoms with Crippen molar-refractivity contribution in [2.75, 3.05) is 0 Å². The molecule has 0 unspecified atom stereocenters. The van der Waals surface area contributed by atoms with E-state index in [2.05, 4.69) is 50.9 Å². The second kappa shape index (κ2) is 5.74. The van der Waals surface area contributed by atoms with Gasteiger partial charge in [0.25, 0.3) is 0 Å². The van der Waals surface area contributed by atoms with Gasteiger partial charge >= 0.3 is 0 Å². The van der Waals surface area contributed by atoms with E-state index in [0.717, 1.165) is 19.4 Å². The minimum atomic E-state index is -1.79. The van der Waals surface area contributed by atoms with Gasteiger partial charge in [0.1, 0.15) is 0 Å². The Kier molecular flexibility index (Phi) is 4.17. The number of benzene rings is 1. The Hall–Kier alpha value is -1.13. The smallest absolute Gasteiger partial charge is 0.226 e. The molecule has 3 atom stereocenters. The van der Waals surface area contributed by atoms with E-state index in [0.29, 0.717) is 5.91 Å². The van der Waals surface area contributed by atoms with Crippen LogP contribution in [-0.4, -0.2) is 31.3 Å². The van der Waals surface area contributed by atoms with Gasteiger partial charge in [0.2, 0.25) is 5.91 Å². The highest BCUT2D eigenvalue weighted by molar-refractivity contribution is 6.74. The summed E-state index contributed by atoms with van der Waals surface area (Å²) < 4.78 is 6.66. The number of amides is 1. The Bertz CT molecular complexity index is 579. The van der Waals surface area contributed by atoms with Crippen LogP contribution in [0.1, 0.15) is 39.2 Å². The molecule has 2 fully saturated rings. The molecule has 23 heavy (non-hydrogen) atoms. The molecule has 1 aliphatic heterocycles. The lowest BCUT2D eigenvalue weighted by molar-refractivity contribution is -0.137. The third-order valence-electron chi connectivity index (χ3n) is 5.95. The quantitative estimate of drug-likeness (QED) is 0.774. The Morgan fingerprint density at radius 3 is 2.39 bits per heavy atom. The molecule has 1 heterocycles. The summed E-state index contributed by atoms with van der Waals surface area (Å²) in [6.45, 7) is 12.2. The molecule has 0 radical (unpaired) electrons. The van der Waals surface area contributed by atoms with Gasteiger partial charge in [-0.1, -0.05) is 51.1 Å². The molecule has 0 aromatic heterocycles. The average molecular weight is 332 g/mol. The second-order valence-corrected chi connectivity index (χ2v) is 13.4. The van der Waals surface area contributed by atoms with Crippen molar-refractivity contribution < 1.29 is 9.22 Å². The number of hydrogen-bond donors (Lipinski definition) is 0. The maximum absolute atomic E-state index is 12.6. The Balaban J connectivity index is 1.73. The summed E-state index contributed by atoms with van der Waals surface area (Å²) in [5.74, 6) is 0.507. The molecule has 4 heteroatoms. The maximum atomic E-state index is 12.6. The first-order valence-corrected chi connectivity index (χ1v) is 11.6. The molecule has 0 N–H and O–H groups in total. The van der Waals surface area contributed by atoms with Crippen LogP contribution in [0.2, 0.25) is 18.1 Å². The topological polar surface area (TPSA) is 29.5 Å². The van der Waals surface area contributed by atoms with Crippen LogP contribution >= 0.6 is 0 Å². The molecule has 3 nitrogen and oxygen atoms in total. The van der Waals surface area contributed by atoms with Crippen molar-refractivity contribution in [2.24, 2.45) is 5.92 Å². The first kappa shape index (κ1) is 16.7. The molecule has 0 spiro atoms. The lowest BCUT2D eigenvalue weighted by atomic mass is 10.1. The number of nitrogens with zero attached hydrogens (tertiary/aromatic N) is 1. The van der Waals surface area contributed by atoms with Crippen LogP contribution in [0.15, 0.2) is 30.3 Å². The molecule has 1 aliphatic carbocycles. The van der Waals surface area contributed by atoms with Gasteiger partial charge in [-0.2, -0.15) is 0 Å². The highest BCUT2D eigenvalue weighted by Crippen LogP contribution is 2.45. The predicted octanol–water partition coefficient (Wildman–Crippen LogP) is 4.20. The second-order valence-electron chi connectivity index (χ2n) is 8.60. The third-order valence-corrected chi connectivity index (χ3v) is 10.5. The van der Waals surface area contributed by atoms with Crippen LogP contribution in [0.4, 0.5) is 0 Å². The van der Waals surface area contributed by atoms with E-state index in [1.165, 1.54) is 5.56 Å². The molecule has 1 aromatic rings. The van der Waals surface area contributed by atoms with Gasteiger partial charge in [0.05, 0.1) is 12.1 Å². The number of carbonyl (C=O) groups is 1. The van der Waals surface area contributed by atoms with Gasteiger partial charge < -0.3 is 9.33 Å². The molecule has 2 aliphatic rings. The zero-order valence-corrected chi connectivity index (χ0v) is 16.0. The van der Waals surface area contributed by atoms with Crippen molar-refractivity contribution in [3.05, 3.63) is 35.9 Å². The molecule has 2 bridgehead atoms. The Morgan fingerprint density at radius 1 is 1.17 bits per heavy atom. The SMILES string of the molecule is CC(C)(C)[Si](C)(C)O[C@H]1C[C@H]2C[C@@H]1N(Cc1ccccc1)C2=O. The van der Waals surface area contributed by atoms with Crippen molar-refractivity contribution in [3.8, 4) is 0 Å². The number of piperidine rings is 1. The summed E-state index contributed by atoms with van der Waals surface area (Å²) in [6, 6.07) is 10.6. The zero-order valence-electron chi connectivity index (χ0n) is 15.0. The Labute approximate surface area is 141 Å². The van der Waals surface area contributed by atoms with E-state index in [1.807, 2.05) is 18.2 Å². The largest absolute Gasteiger partial charge is 0.412 e. The van der Waals surface area contributed by atoms with E-state index < -0.39 is 8.32 Å². The van der Waals surface area contributed by atoms with Crippen LogP contribution in [-0.2, 0) is 15.8 Å². The molecule has 1 saturated heterocycles. The van der Waals surface area contributed by atoms with Crippen LogP contribution in [0, 0.1) is 5.92 Å². The highest BCUT2D eigenvalue weighted by atomic mass is 28.4. The van der Waals surface area contributed by atoms with Crippen LogP contribution < -0.4 is 0 Å². The van der Waals surface area contributed by atoms with E-state index in [1.54, 1.807) is 0 Å². The predicted molar refractivity (Wildman–Crippen MR) is 95.6 cm³/mol. The fourth-order valence-corrected chi connectivity index (χ4v) is 4.93.